The van der Waals surface area contributed by atoms with Crippen molar-refractivity contribution in [3.05, 3.63) is 69.4 Å². The highest BCUT2D eigenvalue weighted by atomic mass is 79.9. The Morgan fingerprint density at radius 3 is 2.75 bits per heavy atom. The van der Waals surface area contributed by atoms with E-state index in [1.165, 1.54) is 6.07 Å². The SMILES string of the molecule is [CH2]c1ccn(-c2cccc(Br)c2C)c(=O)c1. The van der Waals surface area contributed by atoms with Gasteiger partial charge in [-0.1, -0.05) is 22.0 Å². The quantitative estimate of drug-likeness (QED) is 0.785. The Bertz CT molecular complexity index is 587. The van der Waals surface area contributed by atoms with Crippen LogP contribution in [0.1, 0.15) is 11.1 Å². The first-order chi connectivity index (χ1) is 7.59. The Kier molecular flexibility index (Phi) is 2.97. The zero-order valence-electron chi connectivity index (χ0n) is 8.90. The van der Waals surface area contributed by atoms with Crippen molar-refractivity contribution < 1.29 is 0 Å². The maximum Gasteiger partial charge on any atom is 0.255 e. The van der Waals surface area contributed by atoms with Gasteiger partial charge < -0.3 is 0 Å². The molecule has 0 saturated carbocycles. The van der Waals surface area contributed by atoms with Crippen LogP contribution in [0.15, 0.2) is 45.8 Å². The molecule has 1 radical (unpaired) electrons. The molecule has 0 atom stereocenters. The van der Waals surface area contributed by atoms with Crippen LogP contribution in [-0.4, -0.2) is 4.57 Å². The highest BCUT2D eigenvalue weighted by molar-refractivity contribution is 9.10. The van der Waals surface area contributed by atoms with E-state index in [-0.39, 0.29) is 5.56 Å². The van der Waals surface area contributed by atoms with Gasteiger partial charge in [-0.2, -0.15) is 0 Å². The summed E-state index contributed by atoms with van der Waals surface area (Å²) in [6, 6.07) is 9.14. The monoisotopic (exact) mass is 276 g/mol. The fourth-order valence-corrected chi connectivity index (χ4v) is 1.93. The van der Waals surface area contributed by atoms with Crippen LogP contribution in [0.4, 0.5) is 0 Å². The summed E-state index contributed by atoms with van der Waals surface area (Å²) in [5.41, 5.74) is 2.60. The van der Waals surface area contributed by atoms with Crippen molar-refractivity contribution in [2.24, 2.45) is 0 Å². The number of pyridine rings is 1. The van der Waals surface area contributed by atoms with Crippen molar-refractivity contribution in [3.63, 3.8) is 0 Å². The maximum absolute atomic E-state index is 11.8. The van der Waals surface area contributed by atoms with Crippen LogP contribution < -0.4 is 5.56 Å². The van der Waals surface area contributed by atoms with Gasteiger partial charge >= 0.3 is 0 Å². The molecule has 3 heteroatoms. The molecule has 0 spiro atoms. The summed E-state index contributed by atoms with van der Waals surface area (Å²) in [5.74, 6) is 0. The summed E-state index contributed by atoms with van der Waals surface area (Å²) < 4.78 is 2.62. The average Bonchev–Trinajstić information content (AvgIpc) is 2.23. The van der Waals surface area contributed by atoms with E-state index in [0.29, 0.717) is 0 Å². The van der Waals surface area contributed by atoms with Gasteiger partial charge in [0.05, 0.1) is 5.69 Å². The van der Waals surface area contributed by atoms with Gasteiger partial charge in [-0.05, 0) is 43.2 Å². The van der Waals surface area contributed by atoms with Crippen LogP contribution in [0, 0.1) is 13.8 Å². The molecule has 0 amide bonds. The van der Waals surface area contributed by atoms with Crippen LogP contribution in [0.5, 0.6) is 0 Å². The molecule has 16 heavy (non-hydrogen) atoms. The number of benzene rings is 1. The first-order valence-electron chi connectivity index (χ1n) is 4.90. The molecule has 0 fully saturated rings. The molecule has 2 aromatic rings. The van der Waals surface area contributed by atoms with Crippen molar-refractivity contribution in [3.8, 4) is 5.69 Å². The van der Waals surface area contributed by atoms with Crippen LogP contribution in [0.2, 0.25) is 0 Å². The lowest BCUT2D eigenvalue weighted by Crippen LogP contribution is -2.17. The first-order valence-corrected chi connectivity index (χ1v) is 5.69. The standard InChI is InChI=1S/C13H11BrNO/c1-9-6-7-15(13(16)8-9)12-5-3-4-11(14)10(12)2/h3-8H,1H2,2H3. The van der Waals surface area contributed by atoms with Crippen LogP contribution in [0.25, 0.3) is 5.69 Å². The molecule has 0 aliphatic carbocycles. The highest BCUT2D eigenvalue weighted by Gasteiger charge is 2.05. The molecular weight excluding hydrogens is 266 g/mol. The van der Waals surface area contributed by atoms with Gasteiger partial charge in [0.2, 0.25) is 0 Å². The fraction of sp³-hybridized carbons (Fsp3) is 0.0769. The predicted octanol–water partition coefficient (Wildman–Crippen LogP) is 3.09. The minimum absolute atomic E-state index is 0.0614. The summed E-state index contributed by atoms with van der Waals surface area (Å²) in [4.78, 5) is 11.8. The molecule has 81 valence electrons. The van der Waals surface area contributed by atoms with Gasteiger partial charge in [0.1, 0.15) is 0 Å². The van der Waals surface area contributed by atoms with Crippen LogP contribution in [0.3, 0.4) is 0 Å². The normalized spacial score (nSPS) is 10.4. The van der Waals surface area contributed by atoms with Gasteiger partial charge in [-0.3, -0.25) is 9.36 Å². The highest BCUT2D eigenvalue weighted by Crippen LogP contribution is 2.21. The minimum atomic E-state index is -0.0614. The molecule has 0 saturated heterocycles. The summed E-state index contributed by atoms with van der Waals surface area (Å²) in [6.45, 7) is 5.71. The van der Waals surface area contributed by atoms with E-state index in [0.717, 1.165) is 21.3 Å². The minimum Gasteiger partial charge on any atom is -0.284 e. The van der Waals surface area contributed by atoms with Crippen molar-refractivity contribution in [2.45, 2.75) is 6.92 Å². The van der Waals surface area contributed by atoms with E-state index in [9.17, 15) is 4.79 Å². The van der Waals surface area contributed by atoms with E-state index in [1.54, 1.807) is 10.8 Å². The second-order valence-electron chi connectivity index (χ2n) is 3.63. The zero-order chi connectivity index (χ0) is 11.7. The molecule has 0 aliphatic rings. The third-order valence-electron chi connectivity index (χ3n) is 2.48. The lowest BCUT2D eigenvalue weighted by Gasteiger charge is -2.10. The number of rotatable bonds is 1. The average molecular weight is 277 g/mol. The second kappa shape index (κ2) is 4.26. The van der Waals surface area contributed by atoms with Gasteiger partial charge in [0.25, 0.3) is 5.56 Å². The Balaban J connectivity index is 2.68. The zero-order valence-corrected chi connectivity index (χ0v) is 10.5. The first kappa shape index (κ1) is 11.1. The molecule has 2 nitrogen and oxygen atoms in total. The Hall–Kier alpha value is -1.35. The molecule has 1 aromatic heterocycles. The third kappa shape index (κ3) is 1.95. The van der Waals surface area contributed by atoms with E-state index < -0.39 is 0 Å². The smallest absolute Gasteiger partial charge is 0.255 e. The number of nitrogens with zero attached hydrogens (tertiary/aromatic N) is 1. The largest absolute Gasteiger partial charge is 0.284 e. The van der Waals surface area contributed by atoms with E-state index in [2.05, 4.69) is 22.9 Å². The van der Waals surface area contributed by atoms with Crippen molar-refractivity contribution in [1.29, 1.82) is 0 Å². The number of aromatic nitrogens is 1. The fourth-order valence-electron chi connectivity index (χ4n) is 1.58. The van der Waals surface area contributed by atoms with E-state index in [4.69, 9.17) is 0 Å². The van der Waals surface area contributed by atoms with Gasteiger partial charge in [0.15, 0.2) is 0 Å². The molecular formula is C13H11BrNO. The number of halogens is 1. The molecule has 0 bridgehead atoms. The summed E-state index contributed by atoms with van der Waals surface area (Å²) in [7, 11) is 0. The summed E-state index contributed by atoms with van der Waals surface area (Å²) in [5, 5.41) is 0. The van der Waals surface area contributed by atoms with Crippen molar-refractivity contribution in [1.82, 2.24) is 4.57 Å². The summed E-state index contributed by atoms with van der Waals surface area (Å²) in [6.07, 6.45) is 1.75. The Labute approximate surface area is 103 Å². The number of hydrogen-bond donors (Lipinski definition) is 0. The molecule has 1 aromatic carbocycles. The molecule has 0 N–H and O–H groups in total. The van der Waals surface area contributed by atoms with Gasteiger partial charge in [-0.25, -0.2) is 0 Å². The van der Waals surface area contributed by atoms with Crippen molar-refractivity contribution >= 4 is 15.9 Å². The molecule has 2 rings (SSSR count). The Morgan fingerprint density at radius 2 is 2.06 bits per heavy atom. The topological polar surface area (TPSA) is 22.0 Å². The van der Waals surface area contributed by atoms with Crippen molar-refractivity contribution in [2.75, 3.05) is 0 Å². The van der Waals surface area contributed by atoms with E-state index >= 15 is 0 Å². The third-order valence-corrected chi connectivity index (χ3v) is 3.34. The molecule has 0 unspecified atom stereocenters. The Morgan fingerprint density at radius 1 is 1.31 bits per heavy atom. The second-order valence-corrected chi connectivity index (χ2v) is 4.48. The lowest BCUT2D eigenvalue weighted by atomic mass is 10.2. The summed E-state index contributed by atoms with van der Waals surface area (Å²) >= 11 is 3.45. The van der Waals surface area contributed by atoms with Gasteiger partial charge in [0, 0.05) is 16.7 Å². The predicted molar refractivity (Wildman–Crippen MR) is 68.9 cm³/mol. The number of hydrogen-bond acceptors (Lipinski definition) is 1. The van der Waals surface area contributed by atoms with Crippen LogP contribution in [-0.2, 0) is 0 Å². The maximum atomic E-state index is 11.8. The van der Waals surface area contributed by atoms with E-state index in [1.807, 2.05) is 31.2 Å². The molecule has 1 heterocycles. The lowest BCUT2D eigenvalue weighted by molar-refractivity contribution is 0.972. The molecule has 0 aliphatic heterocycles. The van der Waals surface area contributed by atoms with Gasteiger partial charge in [-0.15, -0.1) is 0 Å². The van der Waals surface area contributed by atoms with Crippen LogP contribution >= 0.6 is 15.9 Å².